The Morgan fingerprint density at radius 3 is 2.85 bits per heavy atom. The number of fused-ring (bicyclic) bond motifs is 4. The molecule has 5 rings (SSSR count). The van der Waals surface area contributed by atoms with E-state index in [2.05, 4.69) is 11.9 Å². The van der Waals surface area contributed by atoms with Crippen LogP contribution >= 0.6 is 0 Å². The number of ketones is 1. The van der Waals surface area contributed by atoms with E-state index in [0.717, 1.165) is 60.2 Å². The summed E-state index contributed by atoms with van der Waals surface area (Å²) in [6.45, 7) is 2.11. The van der Waals surface area contributed by atoms with E-state index in [0.29, 0.717) is 24.0 Å². The van der Waals surface area contributed by atoms with E-state index in [1.165, 1.54) is 0 Å². The molecule has 0 spiro atoms. The summed E-state index contributed by atoms with van der Waals surface area (Å²) in [5.41, 5.74) is 5.62. The van der Waals surface area contributed by atoms with Crippen molar-refractivity contribution in [2.75, 3.05) is 20.1 Å². The number of aromatic nitrogens is 1. The number of carbonyl (C=O) groups excluding carboxylic acids is 1. The van der Waals surface area contributed by atoms with Gasteiger partial charge in [-0.15, -0.1) is 0 Å². The predicted octanol–water partition coefficient (Wildman–Crippen LogP) is 2.83. The third-order valence-electron chi connectivity index (χ3n) is 6.37. The maximum absolute atomic E-state index is 12.9. The number of hydrogen-bond donors (Lipinski definition) is 0. The lowest BCUT2D eigenvalue weighted by molar-refractivity contribution is 0.0994. The van der Waals surface area contributed by atoms with E-state index >= 15 is 0 Å². The van der Waals surface area contributed by atoms with Gasteiger partial charge in [-0.1, -0.05) is 12.1 Å². The van der Waals surface area contributed by atoms with Crippen LogP contribution in [-0.4, -0.2) is 35.8 Å². The highest BCUT2D eigenvalue weighted by molar-refractivity contribution is 6.01. The minimum absolute atomic E-state index is 0.0901. The second-order valence-corrected chi connectivity index (χ2v) is 8.01. The summed E-state index contributed by atoms with van der Waals surface area (Å²) >= 11 is 0. The van der Waals surface area contributed by atoms with Gasteiger partial charge in [0.1, 0.15) is 0 Å². The SMILES string of the molecule is CN1C[C@H]2CCc3c(cnc(-c4ccc5c(c4)C(=O)CC5)cc3=O)[C@H]2C1. The molecule has 2 aliphatic carbocycles. The molecule has 4 heteroatoms. The second-order valence-electron chi connectivity index (χ2n) is 8.01. The number of Topliss-reactive ketones (excluding diaryl/α,β-unsaturated/α-hetero) is 1. The summed E-state index contributed by atoms with van der Waals surface area (Å²) in [5.74, 6) is 1.25. The Bertz CT molecular complexity index is 982. The number of likely N-dealkylation sites (N-methyl/N-ethyl adjacent to an activating group) is 1. The zero-order valence-corrected chi connectivity index (χ0v) is 15.0. The quantitative estimate of drug-likeness (QED) is 0.797. The van der Waals surface area contributed by atoms with Gasteiger partial charge in [0.05, 0.1) is 5.69 Å². The van der Waals surface area contributed by atoms with Crippen LogP contribution in [-0.2, 0) is 12.8 Å². The number of benzene rings is 1. The number of carbonyl (C=O) groups is 1. The molecule has 1 saturated heterocycles. The molecule has 2 heterocycles. The molecule has 26 heavy (non-hydrogen) atoms. The van der Waals surface area contributed by atoms with Crippen LogP contribution in [0.2, 0.25) is 0 Å². The maximum Gasteiger partial charge on any atom is 0.184 e. The number of hydrogen-bond acceptors (Lipinski definition) is 4. The van der Waals surface area contributed by atoms with Gasteiger partial charge in [-0.05, 0) is 49.4 Å². The Morgan fingerprint density at radius 1 is 1.08 bits per heavy atom. The lowest BCUT2D eigenvalue weighted by Crippen LogP contribution is -2.22. The van der Waals surface area contributed by atoms with Crippen molar-refractivity contribution in [3.05, 3.63) is 62.9 Å². The molecule has 1 aromatic heterocycles. The van der Waals surface area contributed by atoms with Crippen molar-refractivity contribution in [1.82, 2.24) is 9.88 Å². The van der Waals surface area contributed by atoms with Gasteiger partial charge in [-0.3, -0.25) is 14.6 Å². The van der Waals surface area contributed by atoms with Crippen molar-refractivity contribution >= 4 is 5.78 Å². The highest BCUT2D eigenvalue weighted by Crippen LogP contribution is 2.39. The zero-order chi connectivity index (χ0) is 17.8. The standard InChI is InChI=1S/C22H22N2O2/c1-24-11-15-4-6-16-18(19(15)12-24)10-23-20(9-22(16)26)14-3-2-13-5-7-21(25)17(13)8-14/h2-3,8-10,15,19H,4-7,11-12H2,1H3/t15-,19+/m1/s1. The molecule has 0 unspecified atom stereocenters. The van der Waals surface area contributed by atoms with Gasteiger partial charge in [-0.2, -0.15) is 0 Å². The first kappa shape index (κ1) is 15.9. The third kappa shape index (κ3) is 2.43. The molecule has 1 fully saturated rings. The average molecular weight is 346 g/mol. The predicted molar refractivity (Wildman–Crippen MR) is 101 cm³/mol. The van der Waals surface area contributed by atoms with Gasteiger partial charge in [0.2, 0.25) is 0 Å². The van der Waals surface area contributed by atoms with Crippen LogP contribution in [0.1, 0.15) is 45.8 Å². The van der Waals surface area contributed by atoms with Crippen molar-refractivity contribution < 1.29 is 4.79 Å². The number of nitrogens with zero attached hydrogens (tertiary/aromatic N) is 2. The molecule has 0 bridgehead atoms. The lowest BCUT2D eigenvalue weighted by atomic mass is 9.78. The van der Waals surface area contributed by atoms with Gasteiger partial charge in [0.15, 0.2) is 11.2 Å². The van der Waals surface area contributed by atoms with Crippen molar-refractivity contribution in [3.8, 4) is 11.3 Å². The van der Waals surface area contributed by atoms with Crippen LogP contribution in [0.5, 0.6) is 0 Å². The lowest BCUT2D eigenvalue weighted by Gasteiger charge is -2.25. The smallest absolute Gasteiger partial charge is 0.184 e. The van der Waals surface area contributed by atoms with Crippen molar-refractivity contribution in [2.45, 2.75) is 31.6 Å². The Balaban J connectivity index is 1.62. The summed E-state index contributed by atoms with van der Waals surface area (Å²) in [6.07, 6.45) is 5.28. The van der Waals surface area contributed by atoms with E-state index in [1.54, 1.807) is 6.07 Å². The molecule has 4 nitrogen and oxygen atoms in total. The molecule has 0 saturated carbocycles. The fourth-order valence-corrected chi connectivity index (χ4v) is 5.01. The monoisotopic (exact) mass is 346 g/mol. The first-order valence-corrected chi connectivity index (χ1v) is 9.48. The summed E-state index contributed by atoms with van der Waals surface area (Å²) in [4.78, 5) is 32.0. The van der Waals surface area contributed by atoms with Gasteiger partial charge in [0, 0.05) is 54.4 Å². The first-order valence-electron chi connectivity index (χ1n) is 9.48. The van der Waals surface area contributed by atoms with Crippen molar-refractivity contribution in [2.24, 2.45) is 5.92 Å². The Kier molecular flexibility index (Phi) is 3.57. The van der Waals surface area contributed by atoms with Crippen LogP contribution < -0.4 is 5.43 Å². The van der Waals surface area contributed by atoms with Crippen molar-refractivity contribution in [3.63, 3.8) is 0 Å². The first-order chi connectivity index (χ1) is 12.6. The van der Waals surface area contributed by atoms with Gasteiger partial charge in [-0.25, -0.2) is 0 Å². The Labute approximate surface area is 152 Å². The molecule has 2 atom stereocenters. The number of rotatable bonds is 1. The van der Waals surface area contributed by atoms with Crippen LogP contribution in [0.15, 0.2) is 35.3 Å². The van der Waals surface area contributed by atoms with E-state index in [4.69, 9.17) is 4.98 Å². The zero-order valence-electron chi connectivity index (χ0n) is 15.0. The molecule has 0 radical (unpaired) electrons. The summed E-state index contributed by atoms with van der Waals surface area (Å²) in [6, 6.07) is 7.58. The Morgan fingerprint density at radius 2 is 1.96 bits per heavy atom. The van der Waals surface area contributed by atoms with Gasteiger partial charge < -0.3 is 4.90 Å². The van der Waals surface area contributed by atoms with Crippen LogP contribution in [0.25, 0.3) is 11.3 Å². The van der Waals surface area contributed by atoms with E-state index in [1.807, 2.05) is 24.4 Å². The van der Waals surface area contributed by atoms with E-state index < -0.39 is 0 Å². The van der Waals surface area contributed by atoms with Gasteiger partial charge >= 0.3 is 0 Å². The molecule has 1 aromatic carbocycles. The summed E-state index contributed by atoms with van der Waals surface area (Å²) < 4.78 is 0. The fraction of sp³-hybridized carbons (Fsp3) is 0.409. The molecule has 1 aliphatic heterocycles. The largest absolute Gasteiger partial charge is 0.305 e. The Hall–Kier alpha value is -2.33. The second kappa shape index (κ2) is 5.85. The number of likely N-dealkylation sites (tertiary alicyclic amines) is 1. The van der Waals surface area contributed by atoms with E-state index in [-0.39, 0.29) is 11.2 Å². The van der Waals surface area contributed by atoms with Crippen LogP contribution in [0, 0.1) is 5.92 Å². The molecule has 0 amide bonds. The van der Waals surface area contributed by atoms with Gasteiger partial charge in [0.25, 0.3) is 0 Å². The normalized spacial score (nSPS) is 24.3. The minimum atomic E-state index is 0.0901. The van der Waals surface area contributed by atoms with Crippen LogP contribution in [0.3, 0.4) is 0 Å². The molecule has 3 aliphatic rings. The highest BCUT2D eigenvalue weighted by atomic mass is 16.1. The maximum atomic E-state index is 12.9. The van der Waals surface area contributed by atoms with E-state index in [9.17, 15) is 9.59 Å². The summed E-state index contributed by atoms with van der Waals surface area (Å²) in [5, 5.41) is 0. The van der Waals surface area contributed by atoms with Crippen LogP contribution in [0.4, 0.5) is 0 Å². The molecule has 0 N–H and O–H groups in total. The number of aryl methyl sites for hydroxylation is 1. The topological polar surface area (TPSA) is 50.3 Å². The molecule has 132 valence electrons. The third-order valence-corrected chi connectivity index (χ3v) is 6.37. The molecular weight excluding hydrogens is 324 g/mol. The van der Waals surface area contributed by atoms with Crippen molar-refractivity contribution in [1.29, 1.82) is 0 Å². The summed E-state index contributed by atoms with van der Waals surface area (Å²) in [7, 11) is 2.15. The minimum Gasteiger partial charge on any atom is -0.305 e. The fourth-order valence-electron chi connectivity index (χ4n) is 5.01. The highest BCUT2D eigenvalue weighted by Gasteiger charge is 2.36. The average Bonchev–Trinajstić information content (AvgIpc) is 3.14. The molecule has 2 aromatic rings. The molecular formula is C22H22N2O2.